The van der Waals surface area contributed by atoms with Crippen LogP contribution in [0.15, 0.2) is 77.5 Å². The molecule has 3 aromatic rings. The number of thioether (sulfide) groups is 1. The summed E-state index contributed by atoms with van der Waals surface area (Å²) in [7, 11) is 0. The molecule has 0 saturated carbocycles. The number of hydrogen-bond donors (Lipinski definition) is 0. The Hall–Kier alpha value is -2.22. The third kappa shape index (κ3) is 5.09. The standard InChI is InChI=1S/C23H19BrN2O2S2/c24-19-9-7-16(8-10-19)15-28-20-6-2-1-5-18(20)12-21-22(27)26(23(29)30-21)14-17-4-3-11-25-13-17/h1-11,13,21H,12,14-15H2/t21-/m1/s1. The second kappa shape index (κ2) is 9.73. The summed E-state index contributed by atoms with van der Waals surface area (Å²) in [6.45, 7) is 0.929. The molecule has 1 amide bonds. The van der Waals surface area contributed by atoms with Crippen LogP contribution in [0, 0.1) is 0 Å². The van der Waals surface area contributed by atoms with Gasteiger partial charge >= 0.3 is 0 Å². The maximum absolute atomic E-state index is 13.0. The molecule has 2 aromatic carbocycles. The number of benzene rings is 2. The quantitative estimate of drug-likeness (QED) is 0.408. The van der Waals surface area contributed by atoms with E-state index in [9.17, 15) is 4.79 Å². The monoisotopic (exact) mass is 498 g/mol. The molecule has 1 aromatic heterocycles. The predicted octanol–water partition coefficient (Wildman–Crippen LogP) is 5.39. The number of rotatable bonds is 7. The molecule has 7 heteroatoms. The minimum absolute atomic E-state index is 0.0385. The van der Waals surface area contributed by atoms with E-state index in [2.05, 4.69) is 20.9 Å². The highest BCUT2D eigenvalue weighted by Crippen LogP contribution is 2.33. The smallest absolute Gasteiger partial charge is 0.242 e. The highest BCUT2D eigenvalue weighted by Gasteiger charge is 2.37. The van der Waals surface area contributed by atoms with Crippen LogP contribution in [0.25, 0.3) is 0 Å². The summed E-state index contributed by atoms with van der Waals surface area (Å²) in [4.78, 5) is 18.8. The zero-order chi connectivity index (χ0) is 20.9. The van der Waals surface area contributed by atoms with Crippen molar-refractivity contribution in [2.24, 2.45) is 0 Å². The average Bonchev–Trinajstić information content (AvgIpc) is 3.02. The Labute approximate surface area is 193 Å². The van der Waals surface area contributed by atoms with E-state index in [1.165, 1.54) is 11.8 Å². The number of aromatic nitrogens is 1. The van der Waals surface area contributed by atoms with Gasteiger partial charge in [0.05, 0.1) is 11.8 Å². The molecular weight excluding hydrogens is 480 g/mol. The molecule has 0 aliphatic carbocycles. The molecule has 1 saturated heterocycles. The fourth-order valence-electron chi connectivity index (χ4n) is 3.20. The summed E-state index contributed by atoms with van der Waals surface area (Å²) >= 11 is 10.4. The lowest BCUT2D eigenvalue weighted by Crippen LogP contribution is -2.31. The Bertz CT molecular complexity index is 1040. The molecule has 0 radical (unpaired) electrons. The Morgan fingerprint density at radius 1 is 1.07 bits per heavy atom. The average molecular weight is 499 g/mol. The van der Waals surface area contributed by atoms with Crippen molar-refractivity contribution in [2.75, 3.05) is 0 Å². The van der Waals surface area contributed by atoms with Crippen molar-refractivity contribution in [3.8, 4) is 5.75 Å². The highest BCUT2D eigenvalue weighted by atomic mass is 79.9. The first kappa shape index (κ1) is 21.0. The zero-order valence-electron chi connectivity index (χ0n) is 16.0. The maximum atomic E-state index is 13.0. The van der Waals surface area contributed by atoms with Crippen LogP contribution in [0.1, 0.15) is 16.7 Å². The van der Waals surface area contributed by atoms with Gasteiger partial charge in [-0.25, -0.2) is 0 Å². The summed E-state index contributed by atoms with van der Waals surface area (Å²) in [5, 5.41) is -0.244. The first-order valence-electron chi connectivity index (χ1n) is 9.46. The molecule has 152 valence electrons. The van der Waals surface area contributed by atoms with Gasteiger partial charge < -0.3 is 4.74 Å². The van der Waals surface area contributed by atoms with Crippen LogP contribution >= 0.6 is 39.9 Å². The van der Waals surface area contributed by atoms with Gasteiger partial charge in [-0.05, 0) is 47.4 Å². The zero-order valence-corrected chi connectivity index (χ0v) is 19.3. The van der Waals surface area contributed by atoms with Crippen molar-refractivity contribution in [3.63, 3.8) is 0 Å². The summed E-state index contributed by atoms with van der Waals surface area (Å²) < 4.78 is 7.72. The molecule has 0 spiro atoms. The molecule has 0 bridgehead atoms. The summed E-state index contributed by atoms with van der Waals surface area (Å²) in [5.74, 6) is 0.835. The minimum Gasteiger partial charge on any atom is -0.489 e. The summed E-state index contributed by atoms with van der Waals surface area (Å²) in [5.41, 5.74) is 3.06. The lowest BCUT2D eigenvalue weighted by molar-refractivity contribution is -0.126. The van der Waals surface area contributed by atoms with Gasteiger partial charge in [0.25, 0.3) is 0 Å². The fourth-order valence-corrected chi connectivity index (χ4v) is 4.98. The number of hydrogen-bond acceptors (Lipinski definition) is 5. The number of pyridine rings is 1. The predicted molar refractivity (Wildman–Crippen MR) is 127 cm³/mol. The van der Waals surface area contributed by atoms with Gasteiger partial charge in [-0.2, -0.15) is 0 Å². The third-order valence-electron chi connectivity index (χ3n) is 4.75. The van der Waals surface area contributed by atoms with E-state index in [1.807, 2.05) is 60.7 Å². The van der Waals surface area contributed by atoms with E-state index in [0.717, 1.165) is 26.9 Å². The van der Waals surface area contributed by atoms with Crippen molar-refractivity contribution in [2.45, 2.75) is 24.8 Å². The number of para-hydroxylation sites is 1. The van der Waals surface area contributed by atoms with Gasteiger partial charge in [0.2, 0.25) is 5.91 Å². The molecular formula is C23H19BrN2O2S2. The lowest BCUT2D eigenvalue weighted by atomic mass is 10.1. The van der Waals surface area contributed by atoms with Gasteiger partial charge in [-0.15, -0.1) is 0 Å². The first-order valence-corrected chi connectivity index (χ1v) is 11.5. The van der Waals surface area contributed by atoms with Crippen molar-refractivity contribution >= 4 is 50.1 Å². The molecule has 0 unspecified atom stereocenters. The molecule has 4 rings (SSSR count). The van der Waals surface area contributed by atoms with Gasteiger partial charge in [0.1, 0.15) is 16.7 Å². The number of thiocarbonyl (C=S) groups is 1. The van der Waals surface area contributed by atoms with Gasteiger partial charge in [0.15, 0.2) is 0 Å². The Balaban J connectivity index is 1.43. The van der Waals surface area contributed by atoms with Crippen LogP contribution < -0.4 is 4.74 Å². The van der Waals surface area contributed by atoms with Crippen molar-refractivity contribution in [3.05, 3.63) is 94.2 Å². The largest absolute Gasteiger partial charge is 0.489 e. The van der Waals surface area contributed by atoms with E-state index >= 15 is 0 Å². The van der Waals surface area contributed by atoms with Crippen molar-refractivity contribution < 1.29 is 9.53 Å². The number of carbonyl (C=O) groups excluding carboxylic acids is 1. The second-order valence-corrected chi connectivity index (χ2v) is 9.64. The summed E-state index contributed by atoms with van der Waals surface area (Å²) in [6, 6.07) is 19.7. The Morgan fingerprint density at radius 2 is 1.87 bits per heavy atom. The van der Waals surface area contributed by atoms with E-state index in [1.54, 1.807) is 17.3 Å². The number of nitrogens with zero attached hydrogens (tertiary/aromatic N) is 2. The minimum atomic E-state index is -0.244. The van der Waals surface area contributed by atoms with E-state index in [0.29, 0.717) is 23.9 Å². The molecule has 30 heavy (non-hydrogen) atoms. The molecule has 1 atom stereocenters. The van der Waals surface area contributed by atoms with E-state index < -0.39 is 0 Å². The van der Waals surface area contributed by atoms with E-state index in [4.69, 9.17) is 17.0 Å². The topological polar surface area (TPSA) is 42.4 Å². The van der Waals surface area contributed by atoms with Crippen molar-refractivity contribution in [1.82, 2.24) is 9.88 Å². The van der Waals surface area contributed by atoms with Crippen LogP contribution in [0.2, 0.25) is 0 Å². The molecule has 2 heterocycles. The van der Waals surface area contributed by atoms with Gasteiger partial charge in [-0.1, -0.05) is 76.3 Å². The fraction of sp³-hybridized carbons (Fsp3) is 0.174. The van der Waals surface area contributed by atoms with Crippen LogP contribution in [-0.4, -0.2) is 25.4 Å². The van der Waals surface area contributed by atoms with Gasteiger partial charge in [0, 0.05) is 16.9 Å². The van der Waals surface area contributed by atoms with E-state index in [-0.39, 0.29) is 11.2 Å². The number of carbonyl (C=O) groups is 1. The van der Waals surface area contributed by atoms with Crippen LogP contribution in [0.4, 0.5) is 0 Å². The lowest BCUT2D eigenvalue weighted by Gasteiger charge is -2.16. The van der Waals surface area contributed by atoms with Crippen LogP contribution in [0.3, 0.4) is 0 Å². The number of amides is 1. The highest BCUT2D eigenvalue weighted by molar-refractivity contribution is 9.10. The third-order valence-corrected chi connectivity index (χ3v) is 6.87. The molecule has 1 aliphatic heterocycles. The number of halogens is 1. The van der Waals surface area contributed by atoms with Crippen molar-refractivity contribution in [1.29, 1.82) is 0 Å². The maximum Gasteiger partial charge on any atom is 0.242 e. The van der Waals surface area contributed by atoms with Gasteiger partial charge in [-0.3, -0.25) is 14.7 Å². The normalized spacial score (nSPS) is 16.2. The van der Waals surface area contributed by atoms with Crippen LogP contribution in [0.5, 0.6) is 5.75 Å². The van der Waals surface area contributed by atoms with Crippen LogP contribution in [-0.2, 0) is 24.4 Å². The SMILES string of the molecule is O=C1[C@@H](Cc2ccccc2OCc2ccc(Br)cc2)SC(=S)N1Cc1cccnc1. The molecule has 0 N–H and O–H groups in total. The molecule has 1 fully saturated rings. The molecule has 4 nitrogen and oxygen atoms in total. The first-order chi connectivity index (χ1) is 14.6. The number of ether oxygens (including phenoxy) is 1. The second-order valence-electron chi connectivity index (χ2n) is 6.89. The Kier molecular flexibility index (Phi) is 6.82. The summed E-state index contributed by atoms with van der Waals surface area (Å²) in [6.07, 6.45) is 4.05. The molecule has 1 aliphatic rings. The Morgan fingerprint density at radius 3 is 2.63 bits per heavy atom.